The number of aryl methyl sites for hydroxylation is 1. The molecule has 214 valence electrons. The predicted molar refractivity (Wildman–Crippen MR) is 154 cm³/mol. The Morgan fingerprint density at radius 1 is 1.00 bits per heavy atom. The Hall–Kier alpha value is -3.65. The lowest BCUT2D eigenvalue weighted by molar-refractivity contribution is 0.0279. The summed E-state index contributed by atoms with van der Waals surface area (Å²) in [6.45, 7) is 9.38. The van der Waals surface area contributed by atoms with Gasteiger partial charge in [-0.1, -0.05) is 55.8 Å². The summed E-state index contributed by atoms with van der Waals surface area (Å²) in [4.78, 5) is 14.2. The van der Waals surface area contributed by atoms with Gasteiger partial charge in [0.05, 0.1) is 12.3 Å². The monoisotopic (exact) mass is 547 g/mol. The fourth-order valence-corrected chi connectivity index (χ4v) is 4.72. The highest BCUT2D eigenvalue weighted by atomic mass is 16.6. The Morgan fingerprint density at radius 3 is 2.40 bits per heavy atom. The molecule has 4 rings (SSSR count). The Labute approximate surface area is 237 Å². The van der Waals surface area contributed by atoms with E-state index in [1.807, 2.05) is 81.4 Å². The van der Waals surface area contributed by atoms with Crippen LogP contribution in [0, 0.1) is 11.8 Å². The standard InChI is InChI=1S/C32H41N3O5/c1-5-6-12-29-28(24-13-15-27(16-14-24)38-21-23-10-8-7-9-11-23)17-30(34-33-29)39-22-26-19-35(18-25(26)20-36)31(37)40-32(2,3)4/h7-11,13-17,25-26,36H,5-6,12,18-22H2,1-4H3/t25-,26-/m0/s1. The molecule has 1 aliphatic rings. The number of rotatable bonds is 11. The van der Waals surface area contributed by atoms with Gasteiger partial charge in [0.25, 0.3) is 0 Å². The zero-order valence-corrected chi connectivity index (χ0v) is 24.0. The third-order valence-corrected chi connectivity index (χ3v) is 6.94. The number of aliphatic hydroxyl groups is 1. The zero-order valence-electron chi connectivity index (χ0n) is 24.0. The molecule has 3 aromatic rings. The van der Waals surface area contributed by atoms with E-state index in [0.717, 1.165) is 47.4 Å². The van der Waals surface area contributed by atoms with Gasteiger partial charge in [-0.3, -0.25) is 0 Å². The molecule has 2 heterocycles. The number of carbonyl (C=O) groups excluding carboxylic acids is 1. The molecule has 1 fully saturated rings. The van der Waals surface area contributed by atoms with Crippen LogP contribution >= 0.6 is 0 Å². The smallest absolute Gasteiger partial charge is 0.410 e. The first-order valence-electron chi connectivity index (χ1n) is 14.1. The van der Waals surface area contributed by atoms with Crippen molar-refractivity contribution in [1.82, 2.24) is 15.1 Å². The van der Waals surface area contributed by atoms with Crippen molar-refractivity contribution >= 4 is 6.09 Å². The van der Waals surface area contributed by atoms with Gasteiger partial charge in [0.2, 0.25) is 5.88 Å². The van der Waals surface area contributed by atoms with Crippen molar-refractivity contribution in [3.63, 3.8) is 0 Å². The number of aromatic nitrogens is 2. The number of likely N-dealkylation sites (tertiary alicyclic amines) is 1. The maximum atomic E-state index is 12.6. The van der Waals surface area contributed by atoms with Crippen LogP contribution in [0.15, 0.2) is 60.7 Å². The maximum absolute atomic E-state index is 12.6. The van der Waals surface area contributed by atoms with E-state index < -0.39 is 5.60 Å². The first-order chi connectivity index (χ1) is 19.3. The van der Waals surface area contributed by atoms with E-state index in [1.54, 1.807) is 4.90 Å². The highest BCUT2D eigenvalue weighted by molar-refractivity contribution is 5.69. The molecular formula is C32H41N3O5. The van der Waals surface area contributed by atoms with Crippen molar-refractivity contribution < 1.29 is 24.1 Å². The van der Waals surface area contributed by atoms with Gasteiger partial charge in [0, 0.05) is 43.2 Å². The molecule has 2 aromatic carbocycles. The number of hydrogen-bond acceptors (Lipinski definition) is 7. The van der Waals surface area contributed by atoms with Crippen LogP contribution in [-0.2, 0) is 17.8 Å². The first kappa shape index (κ1) is 29.3. The number of aliphatic hydroxyl groups excluding tert-OH is 1. The molecule has 1 amide bonds. The van der Waals surface area contributed by atoms with Gasteiger partial charge in [0.15, 0.2) is 0 Å². The second-order valence-corrected chi connectivity index (χ2v) is 11.3. The van der Waals surface area contributed by atoms with E-state index in [4.69, 9.17) is 14.2 Å². The molecule has 1 aromatic heterocycles. The average molecular weight is 548 g/mol. The van der Waals surface area contributed by atoms with Crippen LogP contribution in [0.5, 0.6) is 11.6 Å². The minimum Gasteiger partial charge on any atom is -0.489 e. The molecule has 1 aliphatic heterocycles. The molecule has 1 N–H and O–H groups in total. The number of hydrogen-bond donors (Lipinski definition) is 1. The second-order valence-electron chi connectivity index (χ2n) is 11.3. The molecule has 8 heteroatoms. The Balaban J connectivity index is 1.44. The van der Waals surface area contributed by atoms with Crippen molar-refractivity contribution in [3.05, 3.63) is 71.9 Å². The van der Waals surface area contributed by atoms with E-state index in [2.05, 4.69) is 17.1 Å². The van der Waals surface area contributed by atoms with Gasteiger partial charge >= 0.3 is 6.09 Å². The van der Waals surface area contributed by atoms with Crippen molar-refractivity contribution in [2.45, 2.75) is 59.2 Å². The lowest BCUT2D eigenvalue weighted by Gasteiger charge is -2.24. The largest absolute Gasteiger partial charge is 0.489 e. The topological polar surface area (TPSA) is 94.0 Å². The SMILES string of the molecule is CCCCc1nnc(OC[C@@H]2CN(C(=O)OC(C)(C)C)C[C@H]2CO)cc1-c1ccc(OCc2ccccc2)cc1. The van der Waals surface area contributed by atoms with Crippen molar-refractivity contribution in [2.24, 2.45) is 11.8 Å². The summed E-state index contributed by atoms with van der Waals surface area (Å²) in [5.74, 6) is 1.09. The minimum atomic E-state index is -0.571. The van der Waals surface area contributed by atoms with Gasteiger partial charge < -0.3 is 24.2 Å². The van der Waals surface area contributed by atoms with Crippen LogP contribution < -0.4 is 9.47 Å². The molecule has 40 heavy (non-hydrogen) atoms. The fourth-order valence-electron chi connectivity index (χ4n) is 4.72. The van der Waals surface area contributed by atoms with E-state index in [1.165, 1.54) is 0 Å². The lowest BCUT2D eigenvalue weighted by Crippen LogP contribution is -2.35. The van der Waals surface area contributed by atoms with Gasteiger partial charge in [-0.15, -0.1) is 5.10 Å². The summed E-state index contributed by atoms with van der Waals surface area (Å²) in [5, 5.41) is 18.8. The van der Waals surface area contributed by atoms with Gasteiger partial charge in [-0.2, -0.15) is 5.10 Å². The van der Waals surface area contributed by atoms with Crippen LogP contribution in [0.25, 0.3) is 11.1 Å². The average Bonchev–Trinajstić information content (AvgIpc) is 3.38. The predicted octanol–water partition coefficient (Wildman–Crippen LogP) is 5.92. The van der Waals surface area contributed by atoms with Crippen LogP contribution in [0.1, 0.15) is 51.8 Å². The maximum Gasteiger partial charge on any atom is 0.410 e. The summed E-state index contributed by atoms with van der Waals surface area (Å²) in [5.41, 5.74) is 3.47. The molecule has 1 saturated heterocycles. The number of amides is 1. The van der Waals surface area contributed by atoms with E-state index in [0.29, 0.717) is 32.2 Å². The summed E-state index contributed by atoms with van der Waals surface area (Å²) < 4.78 is 17.6. The van der Waals surface area contributed by atoms with Crippen LogP contribution in [0.2, 0.25) is 0 Å². The normalized spacial score (nSPS) is 17.1. The summed E-state index contributed by atoms with van der Waals surface area (Å²) in [6, 6.07) is 20.0. The van der Waals surface area contributed by atoms with Gasteiger partial charge in [0.1, 0.15) is 18.0 Å². The Kier molecular flexibility index (Phi) is 9.98. The first-order valence-corrected chi connectivity index (χ1v) is 14.1. The summed E-state index contributed by atoms with van der Waals surface area (Å²) in [6.07, 6.45) is 2.53. The van der Waals surface area contributed by atoms with Gasteiger partial charge in [-0.05, 0) is 56.9 Å². The summed E-state index contributed by atoms with van der Waals surface area (Å²) >= 11 is 0. The molecule has 8 nitrogen and oxygen atoms in total. The van der Waals surface area contributed by atoms with E-state index >= 15 is 0 Å². The number of benzene rings is 2. The fraction of sp³-hybridized carbons (Fsp3) is 0.469. The number of carbonyl (C=O) groups is 1. The molecule has 0 radical (unpaired) electrons. The Morgan fingerprint density at radius 2 is 1.73 bits per heavy atom. The Bertz CT molecular complexity index is 1230. The van der Waals surface area contributed by atoms with Crippen LogP contribution in [0.4, 0.5) is 4.79 Å². The van der Waals surface area contributed by atoms with Gasteiger partial charge in [-0.25, -0.2) is 4.79 Å². The van der Waals surface area contributed by atoms with Crippen LogP contribution in [-0.4, -0.2) is 58.2 Å². The van der Waals surface area contributed by atoms with Crippen LogP contribution in [0.3, 0.4) is 0 Å². The zero-order chi connectivity index (χ0) is 28.5. The molecule has 0 aliphatic carbocycles. The van der Waals surface area contributed by atoms with Crippen molar-refractivity contribution in [1.29, 1.82) is 0 Å². The summed E-state index contributed by atoms with van der Waals surface area (Å²) in [7, 11) is 0. The second kappa shape index (κ2) is 13.6. The highest BCUT2D eigenvalue weighted by Gasteiger charge is 2.37. The number of unbranched alkanes of at least 4 members (excludes halogenated alkanes) is 1. The molecular weight excluding hydrogens is 506 g/mol. The molecule has 0 spiro atoms. The quantitative estimate of drug-likeness (QED) is 0.318. The lowest BCUT2D eigenvalue weighted by atomic mass is 9.98. The van der Waals surface area contributed by atoms with E-state index in [9.17, 15) is 9.90 Å². The minimum absolute atomic E-state index is 0.0289. The number of ether oxygens (including phenoxy) is 3. The van der Waals surface area contributed by atoms with Crippen molar-refractivity contribution in [2.75, 3.05) is 26.3 Å². The third-order valence-electron chi connectivity index (χ3n) is 6.94. The molecule has 0 saturated carbocycles. The number of nitrogens with zero attached hydrogens (tertiary/aromatic N) is 3. The van der Waals surface area contributed by atoms with E-state index in [-0.39, 0.29) is 24.5 Å². The van der Waals surface area contributed by atoms with Crippen molar-refractivity contribution in [3.8, 4) is 22.8 Å². The third kappa shape index (κ3) is 8.18. The molecule has 0 bridgehead atoms. The molecule has 0 unspecified atom stereocenters. The molecule has 2 atom stereocenters. The highest BCUT2D eigenvalue weighted by Crippen LogP contribution is 2.30.